The first-order valence-corrected chi connectivity index (χ1v) is 11.8. The molecular weight excluding hydrogens is 507 g/mol. The van der Waals surface area contributed by atoms with E-state index >= 15 is 0 Å². The molecule has 0 aliphatic carbocycles. The lowest BCUT2D eigenvalue weighted by atomic mass is 10.1. The largest absolute Gasteiger partial charge is 0.497 e. The third-order valence-corrected chi connectivity index (χ3v) is 6.52. The van der Waals surface area contributed by atoms with Crippen molar-refractivity contribution in [3.8, 4) is 38.9 Å². The third-order valence-electron chi connectivity index (χ3n) is 5.44. The lowest BCUT2D eigenvalue weighted by Gasteiger charge is -2.10. The Bertz CT molecular complexity index is 1380. The molecule has 4 aromatic rings. The first kappa shape index (κ1) is 26.0. The van der Waals surface area contributed by atoms with Gasteiger partial charge in [0, 0.05) is 5.56 Å². The normalized spacial score (nSPS) is 11.3. The molecule has 0 unspecified atom stereocenters. The van der Waals surface area contributed by atoms with E-state index in [4.69, 9.17) is 24.3 Å². The highest BCUT2D eigenvalue weighted by Gasteiger charge is 2.30. The number of carbonyl (C=O) groups is 1. The fraction of sp³-hybridized carbons (Fsp3) is 0.185. The van der Waals surface area contributed by atoms with Gasteiger partial charge in [0.15, 0.2) is 11.5 Å². The number of carboxylic acids is 1. The first-order valence-electron chi connectivity index (χ1n) is 11.0. The molecule has 37 heavy (non-hydrogen) atoms. The molecule has 0 radical (unpaired) electrons. The van der Waals surface area contributed by atoms with Crippen LogP contribution in [0.5, 0.6) is 17.2 Å². The molecule has 0 saturated heterocycles. The Labute approximate surface area is 214 Å². The van der Waals surface area contributed by atoms with Crippen molar-refractivity contribution in [2.24, 2.45) is 0 Å². The number of thiazole rings is 1. The van der Waals surface area contributed by atoms with Gasteiger partial charge >= 0.3 is 12.1 Å². The van der Waals surface area contributed by atoms with E-state index in [0.29, 0.717) is 44.0 Å². The molecule has 10 heteroatoms. The molecule has 0 amide bonds. The van der Waals surface area contributed by atoms with Gasteiger partial charge in [-0.15, -0.1) is 11.3 Å². The molecule has 0 aliphatic rings. The molecule has 0 atom stereocenters. The highest BCUT2D eigenvalue weighted by molar-refractivity contribution is 7.15. The van der Waals surface area contributed by atoms with E-state index in [9.17, 15) is 18.0 Å². The summed E-state index contributed by atoms with van der Waals surface area (Å²) in [5.74, 6) is 0.500. The van der Waals surface area contributed by atoms with Crippen molar-refractivity contribution >= 4 is 17.3 Å². The molecule has 192 valence electrons. The van der Waals surface area contributed by atoms with E-state index in [2.05, 4.69) is 0 Å². The zero-order valence-electron chi connectivity index (χ0n) is 19.8. The lowest BCUT2D eigenvalue weighted by Crippen LogP contribution is -2.03. The number of nitrogens with zero attached hydrogens (tertiary/aromatic N) is 1. The highest BCUT2D eigenvalue weighted by Crippen LogP contribution is 2.39. The van der Waals surface area contributed by atoms with Crippen LogP contribution < -0.4 is 14.2 Å². The van der Waals surface area contributed by atoms with Crippen LogP contribution >= 0.6 is 11.3 Å². The maximum atomic E-state index is 13.1. The minimum atomic E-state index is -4.43. The van der Waals surface area contributed by atoms with Crippen molar-refractivity contribution in [1.82, 2.24) is 4.98 Å². The first-order chi connectivity index (χ1) is 17.7. The van der Waals surface area contributed by atoms with Gasteiger partial charge in [0.05, 0.1) is 36.8 Å². The number of halogens is 3. The van der Waals surface area contributed by atoms with E-state index in [0.717, 1.165) is 17.7 Å². The van der Waals surface area contributed by atoms with Crippen LogP contribution in [0, 0.1) is 0 Å². The standard InChI is InChI=1S/C27H22F3NO5S/c1-34-20-10-6-17(7-11-20)25-26(18-4-8-19(9-5-18)27(28,29)30)37-23(31-25)15-36-21-12-3-16(14-24(32)33)13-22(21)35-2/h3-13H,14-15H2,1-2H3,(H,32,33). The van der Waals surface area contributed by atoms with Gasteiger partial charge in [0.1, 0.15) is 17.4 Å². The predicted molar refractivity (Wildman–Crippen MR) is 133 cm³/mol. The van der Waals surface area contributed by atoms with Gasteiger partial charge in [-0.25, -0.2) is 4.98 Å². The van der Waals surface area contributed by atoms with Crippen LogP contribution in [0.2, 0.25) is 0 Å². The maximum Gasteiger partial charge on any atom is 0.416 e. The van der Waals surface area contributed by atoms with Gasteiger partial charge in [-0.05, 0) is 59.7 Å². The predicted octanol–water partition coefficient (Wildman–Crippen LogP) is 6.72. The van der Waals surface area contributed by atoms with Crippen molar-refractivity contribution in [1.29, 1.82) is 0 Å². The number of aromatic nitrogens is 1. The average molecular weight is 530 g/mol. The summed E-state index contributed by atoms with van der Waals surface area (Å²) in [5, 5.41) is 9.61. The second-order valence-electron chi connectivity index (χ2n) is 7.93. The van der Waals surface area contributed by atoms with Crippen LogP contribution in [0.15, 0.2) is 66.7 Å². The summed E-state index contributed by atoms with van der Waals surface area (Å²) in [5.41, 5.74) is 1.81. The van der Waals surface area contributed by atoms with E-state index < -0.39 is 17.7 Å². The minimum Gasteiger partial charge on any atom is -0.497 e. The quantitative estimate of drug-likeness (QED) is 0.259. The number of benzene rings is 3. The van der Waals surface area contributed by atoms with Crippen LogP contribution in [0.3, 0.4) is 0 Å². The second-order valence-corrected chi connectivity index (χ2v) is 9.02. The second kappa shape index (κ2) is 10.9. The number of carboxylic acid groups (broad SMARTS) is 1. The summed E-state index contributed by atoms with van der Waals surface area (Å²) in [6.07, 6.45) is -4.58. The van der Waals surface area contributed by atoms with Crippen molar-refractivity contribution in [2.75, 3.05) is 14.2 Å². The van der Waals surface area contributed by atoms with Gasteiger partial charge in [-0.1, -0.05) is 18.2 Å². The van der Waals surface area contributed by atoms with Crippen LogP contribution in [0.1, 0.15) is 16.1 Å². The van der Waals surface area contributed by atoms with E-state index in [1.165, 1.54) is 30.6 Å². The lowest BCUT2D eigenvalue weighted by molar-refractivity contribution is -0.138. The molecule has 0 bridgehead atoms. The van der Waals surface area contributed by atoms with Crippen molar-refractivity contribution < 1.29 is 37.3 Å². The Hall–Kier alpha value is -4.05. The molecule has 4 rings (SSSR count). The van der Waals surface area contributed by atoms with E-state index in [1.54, 1.807) is 37.4 Å². The van der Waals surface area contributed by atoms with E-state index in [1.807, 2.05) is 12.1 Å². The summed E-state index contributed by atoms with van der Waals surface area (Å²) >= 11 is 1.31. The Morgan fingerprint density at radius 3 is 2.19 bits per heavy atom. The SMILES string of the molecule is COc1ccc(-c2nc(COc3ccc(CC(=O)O)cc3OC)sc2-c2ccc(C(F)(F)F)cc2)cc1. The molecule has 1 heterocycles. The van der Waals surface area contributed by atoms with Gasteiger partial charge < -0.3 is 19.3 Å². The Morgan fingerprint density at radius 1 is 0.919 bits per heavy atom. The number of methoxy groups -OCH3 is 2. The number of rotatable bonds is 9. The zero-order chi connectivity index (χ0) is 26.6. The number of hydrogen-bond donors (Lipinski definition) is 1. The molecule has 1 aromatic heterocycles. The Kier molecular flexibility index (Phi) is 7.68. The molecule has 6 nitrogen and oxygen atoms in total. The summed E-state index contributed by atoms with van der Waals surface area (Å²) in [6.45, 7) is 0.0725. The fourth-order valence-corrected chi connectivity index (χ4v) is 4.64. The molecule has 0 aliphatic heterocycles. The number of ether oxygens (including phenoxy) is 3. The Balaban J connectivity index is 1.65. The molecule has 3 aromatic carbocycles. The van der Waals surface area contributed by atoms with E-state index in [-0.39, 0.29) is 13.0 Å². The number of hydrogen-bond acceptors (Lipinski definition) is 6. The van der Waals surface area contributed by atoms with Gasteiger partial charge in [0.2, 0.25) is 0 Å². The van der Waals surface area contributed by atoms with Crippen LogP contribution in [-0.2, 0) is 24.0 Å². The van der Waals surface area contributed by atoms with Gasteiger partial charge in [-0.3, -0.25) is 4.79 Å². The van der Waals surface area contributed by atoms with Crippen LogP contribution in [0.4, 0.5) is 13.2 Å². The van der Waals surface area contributed by atoms with Gasteiger partial charge in [0.25, 0.3) is 0 Å². The summed E-state index contributed by atoms with van der Waals surface area (Å²) in [7, 11) is 3.02. The fourth-order valence-electron chi connectivity index (χ4n) is 3.63. The molecule has 0 spiro atoms. The molecule has 0 fully saturated rings. The van der Waals surface area contributed by atoms with Crippen molar-refractivity contribution in [3.05, 3.63) is 82.9 Å². The van der Waals surface area contributed by atoms with Crippen molar-refractivity contribution in [2.45, 2.75) is 19.2 Å². The zero-order valence-corrected chi connectivity index (χ0v) is 20.7. The van der Waals surface area contributed by atoms with Crippen LogP contribution in [0.25, 0.3) is 21.7 Å². The highest BCUT2D eigenvalue weighted by atomic mass is 32.1. The number of alkyl halides is 3. The van der Waals surface area contributed by atoms with Crippen molar-refractivity contribution in [3.63, 3.8) is 0 Å². The smallest absolute Gasteiger partial charge is 0.416 e. The van der Waals surface area contributed by atoms with Crippen LogP contribution in [-0.4, -0.2) is 30.3 Å². The number of aliphatic carboxylic acids is 1. The monoisotopic (exact) mass is 529 g/mol. The summed E-state index contributed by atoms with van der Waals surface area (Å²) in [4.78, 5) is 16.4. The molecular formula is C27H22F3NO5S. The average Bonchev–Trinajstić information content (AvgIpc) is 3.31. The summed E-state index contributed by atoms with van der Waals surface area (Å²) in [6, 6.07) is 17.1. The minimum absolute atomic E-state index is 0.0725. The topological polar surface area (TPSA) is 77.9 Å². The molecule has 0 saturated carbocycles. The van der Waals surface area contributed by atoms with Gasteiger partial charge in [-0.2, -0.15) is 13.2 Å². The Morgan fingerprint density at radius 2 is 1.59 bits per heavy atom. The molecule has 1 N–H and O–H groups in total. The summed E-state index contributed by atoms with van der Waals surface area (Å²) < 4.78 is 55.7. The maximum absolute atomic E-state index is 13.1. The third kappa shape index (κ3) is 6.21.